The number of halogens is 3. The maximum Gasteiger partial charge on any atom is 0.391 e. The molecule has 0 aromatic heterocycles. The van der Waals surface area contributed by atoms with Crippen LogP contribution in [-0.2, 0) is 0 Å². The second-order valence-corrected chi connectivity index (χ2v) is 8.57. The van der Waals surface area contributed by atoms with Crippen LogP contribution in [0.2, 0.25) is 0 Å². The lowest BCUT2D eigenvalue weighted by atomic mass is 9.77. The Morgan fingerprint density at radius 1 is 0.929 bits per heavy atom. The molecule has 3 heteroatoms. The van der Waals surface area contributed by atoms with Gasteiger partial charge in [-0.05, 0) is 93.7 Å². The van der Waals surface area contributed by atoms with Crippen molar-refractivity contribution in [1.29, 1.82) is 0 Å². The van der Waals surface area contributed by atoms with Crippen LogP contribution in [0.15, 0.2) is 36.9 Å². The van der Waals surface area contributed by atoms with E-state index in [0.717, 1.165) is 17.9 Å². The van der Waals surface area contributed by atoms with E-state index >= 15 is 0 Å². The van der Waals surface area contributed by atoms with Crippen molar-refractivity contribution in [3.63, 3.8) is 0 Å². The van der Waals surface area contributed by atoms with Crippen LogP contribution in [0.3, 0.4) is 0 Å². The second-order valence-electron chi connectivity index (χ2n) is 8.57. The van der Waals surface area contributed by atoms with Crippen LogP contribution in [0, 0.1) is 29.6 Å². The molecule has 152 valence electrons. The summed E-state index contributed by atoms with van der Waals surface area (Å²) in [6, 6.07) is 8.54. The monoisotopic (exact) mass is 388 g/mol. The number of rotatable bonds is 4. The lowest BCUT2D eigenvalue weighted by Gasteiger charge is -2.28. The highest BCUT2D eigenvalue weighted by molar-refractivity contribution is 5.37. The van der Waals surface area contributed by atoms with E-state index in [1.165, 1.54) is 37.7 Å². The predicted octanol–water partition coefficient (Wildman–Crippen LogP) is 7.65. The summed E-state index contributed by atoms with van der Waals surface area (Å²) >= 11 is 0. The van der Waals surface area contributed by atoms with E-state index < -0.39 is 12.1 Å². The summed E-state index contributed by atoms with van der Waals surface area (Å²) in [6.45, 7) is 3.82. The molecular formula is C25H31F3. The molecule has 1 aromatic carbocycles. The van der Waals surface area contributed by atoms with Crippen LogP contribution in [-0.4, -0.2) is 6.18 Å². The van der Waals surface area contributed by atoms with Gasteiger partial charge in [-0.2, -0.15) is 13.2 Å². The van der Waals surface area contributed by atoms with Gasteiger partial charge in [0, 0.05) is 11.5 Å². The highest BCUT2D eigenvalue weighted by Gasteiger charge is 2.41. The molecule has 0 atom stereocenters. The van der Waals surface area contributed by atoms with Crippen LogP contribution in [0.4, 0.5) is 13.2 Å². The van der Waals surface area contributed by atoms with Crippen molar-refractivity contribution in [3.05, 3.63) is 48.0 Å². The molecule has 0 heterocycles. The summed E-state index contributed by atoms with van der Waals surface area (Å²) in [5, 5.41) is 0. The van der Waals surface area contributed by atoms with Crippen molar-refractivity contribution >= 4 is 0 Å². The van der Waals surface area contributed by atoms with Crippen molar-refractivity contribution in [2.24, 2.45) is 17.8 Å². The quantitative estimate of drug-likeness (QED) is 0.367. The van der Waals surface area contributed by atoms with Crippen molar-refractivity contribution in [3.8, 4) is 11.8 Å². The first-order valence-corrected chi connectivity index (χ1v) is 10.7. The van der Waals surface area contributed by atoms with Gasteiger partial charge in [0.25, 0.3) is 0 Å². The summed E-state index contributed by atoms with van der Waals surface area (Å²) in [5.74, 6) is 6.88. The number of allylic oxidation sites excluding steroid dienone is 1. The Kier molecular flexibility index (Phi) is 7.27. The van der Waals surface area contributed by atoms with Crippen molar-refractivity contribution in [1.82, 2.24) is 0 Å². The Balaban J connectivity index is 1.48. The van der Waals surface area contributed by atoms with Crippen molar-refractivity contribution in [2.45, 2.75) is 76.3 Å². The minimum atomic E-state index is -4.04. The van der Waals surface area contributed by atoms with E-state index in [9.17, 15) is 13.2 Å². The standard InChI is InChI=1S/C25H31F3/c1-2-3-4-19-7-13-22(14-8-19)23-15-9-20(10-16-23)5-6-21-11-17-24(18-12-21)25(26,27)28/h2,9-10,15-16,19,21-22,24H,1,3-4,7-8,11-14,17-18H2/t19-,21-,22-,24-. The molecule has 28 heavy (non-hydrogen) atoms. The topological polar surface area (TPSA) is 0 Å². The summed E-state index contributed by atoms with van der Waals surface area (Å²) in [5.41, 5.74) is 2.37. The Morgan fingerprint density at radius 3 is 2.14 bits per heavy atom. The fraction of sp³-hybridized carbons (Fsp3) is 0.600. The number of hydrogen-bond donors (Lipinski definition) is 0. The zero-order valence-electron chi connectivity index (χ0n) is 16.6. The molecule has 0 radical (unpaired) electrons. The Bertz CT molecular complexity index is 673. The van der Waals surface area contributed by atoms with E-state index in [-0.39, 0.29) is 18.8 Å². The van der Waals surface area contributed by atoms with Crippen LogP contribution >= 0.6 is 0 Å². The second kappa shape index (κ2) is 9.68. The molecule has 2 saturated carbocycles. The lowest BCUT2D eigenvalue weighted by molar-refractivity contribution is -0.182. The smallest absolute Gasteiger partial charge is 0.171 e. The molecule has 2 aliphatic rings. The van der Waals surface area contributed by atoms with Gasteiger partial charge in [-0.25, -0.2) is 0 Å². The van der Waals surface area contributed by atoms with E-state index in [2.05, 4.69) is 42.7 Å². The van der Waals surface area contributed by atoms with Crippen LogP contribution in [0.1, 0.15) is 81.3 Å². The third-order valence-corrected chi connectivity index (χ3v) is 6.62. The van der Waals surface area contributed by atoms with Crippen LogP contribution in [0.5, 0.6) is 0 Å². The number of hydrogen-bond acceptors (Lipinski definition) is 0. The van der Waals surface area contributed by atoms with E-state index in [1.807, 2.05) is 6.08 Å². The van der Waals surface area contributed by atoms with Crippen LogP contribution < -0.4 is 0 Å². The van der Waals surface area contributed by atoms with Crippen LogP contribution in [0.25, 0.3) is 0 Å². The molecule has 0 spiro atoms. The van der Waals surface area contributed by atoms with Gasteiger partial charge in [0.15, 0.2) is 0 Å². The van der Waals surface area contributed by atoms with Crippen molar-refractivity contribution in [2.75, 3.05) is 0 Å². The molecule has 0 bridgehead atoms. The molecule has 2 fully saturated rings. The first-order valence-electron chi connectivity index (χ1n) is 10.7. The molecule has 0 nitrogen and oxygen atoms in total. The molecule has 0 amide bonds. The Labute approximate surface area is 167 Å². The van der Waals surface area contributed by atoms with Crippen molar-refractivity contribution < 1.29 is 13.2 Å². The predicted molar refractivity (Wildman–Crippen MR) is 109 cm³/mol. The Morgan fingerprint density at radius 2 is 1.57 bits per heavy atom. The molecule has 0 N–H and O–H groups in total. The SMILES string of the molecule is C=CCC[C@H]1CC[C@H](c2ccc(C#C[C@H]3CC[C@H](C(F)(F)F)CC3)cc2)CC1. The van der Waals surface area contributed by atoms with Gasteiger partial charge in [0.2, 0.25) is 0 Å². The third-order valence-electron chi connectivity index (χ3n) is 6.62. The average molecular weight is 389 g/mol. The molecule has 3 rings (SSSR count). The maximum atomic E-state index is 12.7. The van der Waals surface area contributed by atoms with Gasteiger partial charge in [0.05, 0.1) is 5.92 Å². The normalized spacial score (nSPS) is 28.2. The first kappa shape index (κ1) is 21.0. The maximum absolute atomic E-state index is 12.7. The lowest BCUT2D eigenvalue weighted by Crippen LogP contribution is -2.27. The van der Waals surface area contributed by atoms with E-state index in [1.54, 1.807) is 0 Å². The Hall–Kier alpha value is -1.69. The van der Waals surface area contributed by atoms with Gasteiger partial charge < -0.3 is 0 Å². The van der Waals surface area contributed by atoms with Gasteiger partial charge in [-0.1, -0.05) is 30.0 Å². The average Bonchev–Trinajstić information content (AvgIpc) is 2.71. The summed E-state index contributed by atoms with van der Waals surface area (Å²) < 4.78 is 38.2. The van der Waals surface area contributed by atoms with Gasteiger partial charge >= 0.3 is 6.18 Å². The van der Waals surface area contributed by atoms with Gasteiger partial charge in [-0.15, -0.1) is 6.58 Å². The minimum Gasteiger partial charge on any atom is -0.171 e. The van der Waals surface area contributed by atoms with E-state index in [0.29, 0.717) is 18.8 Å². The molecule has 0 saturated heterocycles. The fourth-order valence-electron chi connectivity index (χ4n) is 4.73. The highest BCUT2D eigenvalue weighted by Crippen LogP contribution is 2.39. The molecule has 1 aromatic rings. The number of alkyl halides is 3. The molecule has 2 aliphatic carbocycles. The van der Waals surface area contributed by atoms with Gasteiger partial charge in [-0.3, -0.25) is 0 Å². The summed E-state index contributed by atoms with van der Waals surface area (Å²) in [7, 11) is 0. The van der Waals surface area contributed by atoms with Gasteiger partial charge in [0.1, 0.15) is 0 Å². The third kappa shape index (κ3) is 5.90. The number of benzene rings is 1. The minimum absolute atomic E-state index is 0.101. The largest absolute Gasteiger partial charge is 0.391 e. The molecule has 0 unspecified atom stereocenters. The first-order chi connectivity index (χ1) is 13.5. The fourth-order valence-corrected chi connectivity index (χ4v) is 4.73. The zero-order chi connectivity index (χ0) is 20.0. The highest BCUT2D eigenvalue weighted by atomic mass is 19.4. The zero-order valence-corrected chi connectivity index (χ0v) is 16.6. The molecular weight excluding hydrogens is 357 g/mol. The summed E-state index contributed by atoms with van der Waals surface area (Å²) in [6.07, 6.45) is 7.07. The molecule has 0 aliphatic heterocycles. The van der Waals surface area contributed by atoms with E-state index in [4.69, 9.17) is 0 Å². The summed E-state index contributed by atoms with van der Waals surface area (Å²) in [4.78, 5) is 0.